The van der Waals surface area contributed by atoms with E-state index in [0.29, 0.717) is 28.2 Å². The number of nitro benzene ring substituents is 1. The van der Waals surface area contributed by atoms with Gasteiger partial charge in [-0.05, 0) is 19.1 Å². The highest BCUT2D eigenvalue weighted by Crippen LogP contribution is 2.22. The summed E-state index contributed by atoms with van der Waals surface area (Å²) in [5, 5.41) is 14.8. The number of carbonyl (C=O) groups is 1. The predicted octanol–water partition coefficient (Wildman–Crippen LogP) is 2.68. The molecule has 0 saturated heterocycles. The van der Waals surface area contributed by atoms with Crippen LogP contribution in [-0.2, 0) is 0 Å². The second kappa shape index (κ2) is 7.91. The van der Waals surface area contributed by atoms with E-state index in [2.05, 4.69) is 10.5 Å². The lowest BCUT2D eigenvalue weighted by atomic mass is 10.1. The molecular formula is C17H17N3O5. The number of amides is 1. The van der Waals surface area contributed by atoms with Crippen LogP contribution < -0.4 is 14.9 Å². The Hall–Kier alpha value is -3.42. The fourth-order valence-corrected chi connectivity index (χ4v) is 2.07. The summed E-state index contributed by atoms with van der Waals surface area (Å²) in [4.78, 5) is 22.6. The maximum Gasteiger partial charge on any atom is 0.272 e. The molecule has 0 saturated carbocycles. The molecule has 1 amide bonds. The van der Waals surface area contributed by atoms with Crippen molar-refractivity contribution in [2.45, 2.75) is 6.92 Å². The smallest absolute Gasteiger partial charge is 0.272 e. The van der Waals surface area contributed by atoms with Crippen LogP contribution in [0.1, 0.15) is 21.5 Å². The molecule has 0 spiro atoms. The van der Waals surface area contributed by atoms with Crippen molar-refractivity contribution in [2.75, 3.05) is 14.2 Å². The number of hydrazone groups is 1. The normalized spacial score (nSPS) is 10.5. The van der Waals surface area contributed by atoms with Crippen LogP contribution >= 0.6 is 0 Å². The largest absolute Gasteiger partial charge is 0.497 e. The summed E-state index contributed by atoms with van der Waals surface area (Å²) in [6.07, 6.45) is 1.34. The van der Waals surface area contributed by atoms with E-state index in [-0.39, 0.29) is 5.69 Å². The number of ether oxygens (including phenoxy) is 2. The molecule has 0 aliphatic rings. The number of rotatable bonds is 6. The van der Waals surface area contributed by atoms with Crippen molar-refractivity contribution in [2.24, 2.45) is 5.10 Å². The molecule has 0 aromatic heterocycles. The highest BCUT2D eigenvalue weighted by Gasteiger charge is 2.11. The lowest BCUT2D eigenvalue weighted by Crippen LogP contribution is -2.17. The minimum Gasteiger partial charge on any atom is -0.497 e. The van der Waals surface area contributed by atoms with Gasteiger partial charge in [0.15, 0.2) is 0 Å². The van der Waals surface area contributed by atoms with Crippen LogP contribution in [0.4, 0.5) is 5.69 Å². The summed E-state index contributed by atoms with van der Waals surface area (Å²) in [7, 11) is 2.97. The number of carbonyl (C=O) groups excluding carboxylic acids is 1. The number of hydrogen-bond acceptors (Lipinski definition) is 6. The molecule has 2 aromatic rings. The van der Waals surface area contributed by atoms with Crippen molar-refractivity contribution >= 4 is 17.8 Å². The minimum atomic E-state index is -0.465. The zero-order chi connectivity index (χ0) is 18.4. The summed E-state index contributed by atoms with van der Waals surface area (Å²) >= 11 is 0. The first-order chi connectivity index (χ1) is 11.9. The molecule has 8 heteroatoms. The Bertz CT molecular complexity index is 811. The molecule has 0 heterocycles. The number of hydrogen-bond donors (Lipinski definition) is 1. The number of benzene rings is 2. The molecule has 130 valence electrons. The monoisotopic (exact) mass is 343 g/mol. The predicted molar refractivity (Wildman–Crippen MR) is 92.4 cm³/mol. The highest BCUT2D eigenvalue weighted by atomic mass is 16.6. The van der Waals surface area contributed by atoms with Gasteiger partial charge in [0.05, 0.1) is 25.4 Å². The van der Waals surface area contributed by atoms with Crippen molar-refractivity contribution in [1.82, 2.24) is 5.43 Å². The quantitative estimate of drug-likeness (QED) is 0.493. The summed E-state index contributed by atoms with van der Waals surface area (Å²) in [6.45, 7) is 1.65. The van der Waals surface area contributed by atoms with Crippen molar-refractivity contribution in [3.05, 3.63) is 63.2 Å². The van der Waals surface area contributed by atoms with Crippen LogP contribution in [0, 0.1) is 17.0 Å². The molecule has 0 atom stereocenters. The van der Waals surface area contributed by atoms with Gasteiger partial charge in [0.2, 0.25) is 0 Å². The summed E-state index contributed by atoms with van der Waals surface area (Å²) < 4.78 is 10.2. The standard InChI is InChI=1S/C17H17N3O5/c1-11-4-5-12(6-16(11)20(22)23)10-18-19-17(21)13-7-14(24-2)9-15(8-13)25-3/h4-10H,1-3H3,(H,19,21)/b18-10+. The molecule has 25 heavy (non-hydrogen) atoms. The van der Waals surface area contributed by atoms with Gasteiger partial charge in [0.1, 0.15) is 11.5 Å². The van der Waals surface area contributed by atoms with E-state index in [1.54, 1.807) is 37.3 Å². The Balaban J connectivity index is 2.13. The lowest BCUT2D eigenvalue weighted by molar-refractivity contribution is -0.385. The third kappa shape index (κ3) is 4.54. The van der Waals surface area contributed by atoms with E-state index >= 15 is 0 Å². The number of aryl methyl sites for hydroxylation is 1. The van der Waals surface area contributed by atoms with Gasteiger partial charge >= 0.3 is 0 Å². The molecule has 0 aliphatic carbocycles. The van der Waals surface area contributed by atoms with Gasteiger partial charge < -0.3 is 9.47 Å². The zero-order valence-corrected chi connectivity index (χ0v) is 14.0. The molecule has 0 unspecified atom stereocenters. The van der Waals surface area contributed by atoms with Crippen molar-refractivity contribution in [1.29, 1.82) is 0 Å². The maximum absolute atomic E-state index is 12.2. The SMILES string of the molecule is COc1cc(OC)cc(C(=O)N/N=C/c2ccc(C)c([N+](=O)[O-])c2)c1. The van der Waals surface area contributed by atoms with E-state index in [1.165, 1.54) is 26.5 Å². The Morgan fingerprint density at radius 1 is 1.16 bits per heavy atom. The Kier molecular flexibility index (Phi) is 5.67. The first-order valence-electron chi connectivity index (χ1n) is 7.26. The van der Waals surface area contributed by atoms with Gasteiger partial charge in [-0.15, -0.1) is 0 Å². The van der Waals surface area contributed by atoms with Crippen molar-refractivity contribution < 1.29 is 19.2 Å². The zero-order valence-electron chi connectivity index (χ0n) is 14.0. The van der Waals surface area contributed by atoms with E-state index in [4.69, 9.17) is 9.47 Å². The number of methoxy groups -OCH3 is 2. The fourth-order valence-electron chi connectivity index (χ4n) is 2.07. The highest BCUT2D eigenvalue weighted by molar-refractivity contribution is 5.95. The van der Waals surface area contributed by atoms with E-state index in [1.807, 2.05) is 0 Å². The molecule has 0 fully saturated rings. The Labute approximate surface area is 144 Å². The van der Waals surface area contributed by atoms with Crippen LogP contribution in [0.15, 0.2) is 41.5 Å². The number of nitrogens with zero attached hydrogens (tertiary/aromatic N) is 2. The van der Waals surface area contributed by atoms with Crippen molar-refractivity contribution in [3.8, 4) is 11.5 Å². The lowest BCUT2D eigenvalue weighted by Gasteiger charge is -2.07. The van der Waals surface area contributed by atoms with E-state index in [0.717, 1.165) is 0 Å². The van der Waals surface area contributed by atoms with Gasteiger partial charge in [-0.25, -0.2) is 5.43 Å². The summed E-state index contributed by atoms with van der Waals surface area (Å²) in [5.41, 5.74) is 3.72. The second-order valence-electron chi connectivity index (χ2n) is 5.10. The number of nitrogens with one attached hydrogen (secondary N) is 1. The van der Waals surface area contributed by atoms with Crippen LogP contribution in [-0.4, -0.2) is 31.3 Å². The molecule has 0 bridgehead atoms. The van der Waals surface area contributed by atoms with Crippen LogP contribution in [0.25, 0.3) is 0 Å². The number of nitro groups is 1. The summed E-state index contributed by atoms with van der Waals surface area (Å²) in [6, 6.07) is 9.42. The van der Waals surface area contributed by atoms with Crippen molar-refractivity contribution in [3.63, 3.8) is 0 Å². The van der Waals surface area contributed by atoms with Crippen LogP contribution in [0.5, 0.6) is 11.5 Å². The fraction of sp³-hybridized carbons (Fsp3) is 0.176. The van der Waals surface area contributed by atoms with Gasteiger partial charge in [-0.2, -0.15) is 5.10 Å². The molecule has 8 nitrogen and oxygen atoms in total. The van der Waals surface area contributed by atoms with Crippen LogP contribution in [0.2, 0.25) is 0 Å². The minimum absolute atomic E-state index is 0.00666. The summed E-state index contributed by atoms with van der Waals surface area (Å²) in [5.74, 6) is 0.486. The van der Waals surface area contributed by atoms with Gasteiger partial charge in [-0.3, -0.25) is 14.9 Å². The van der Waals surface area contributed by atoms with Gasteiger partial charge in [-0.1, -0.05) is 12.1 Å². The van der Waals surface area contributed by atoms with E-state index < -0.39 is 10.8 Å². The molecule has 2 rings (SSSR count). The molecule has 0 radical (unpaired) electrons. The first-order valence-corrected chi connectivity index (χ1v) is 7.26. The second-order valence-corrected chi connectivity index (χ2v) is 5.10. The van der Waals surface area contributed by atoms with Gasteiger partial charge in [0, 0.05) is 28.8 Å². The average Bonchev–Trinajstić information content (AvgIpc) is 2.62. The van der Waals surface area contributed by atoms with E-state index in [9.17, 15) is 14.9 Å². The molecule has 0 aliphatic heterocycles. The molecule has 2 aromatic carbocycles. The van der Waals surface area contributed by atoms with Gasteiger partial charge in [0.25, 0.3) is 11.6 Å². The topological polar surface area (TPSA) is 103 Å². The van der Waals surface area contributed by atoms with Crippen LogP contribution in [0.3, 0.4) is 0 Å². The third-order valence-electron chi connectivity index (χ3n) is 3.42. The Morgan fingerprint density at radius 2 is 1.80 bits per heavy atom. The third-order valence-corrected chi connectivity index (χ3v) is 3.42. The maximum atomic E-state index is 12.2. The average molecular weight is 343 g/mol. The molecular weight excluding hydrogens is 326 g/mol. The Morgan fingerprint density at radius 3 is 2.36 bits per heavy atom. The first kappa shape index (κ1) is 17.9. The molecule has 1 N–H and O–H groups in total.